The summed E-state index contributed by atoms with van der Waals surface area (Å²) in [5, 5.41) is 9.67. The van der Waals surface area contributed by atoms with Gasteiger partial charge in [-0.15, -0.1) is 0 Å². The van der Waals surface area contributed by atoms with E-state index in [4.69, 9.17) is 9.72 Å². The number of allylic oxidation sites excluding steroid dienone is 4. The summed E-state index contributed by atoms with van der Waals surface area (Å²) in [6.45, 7) is 6.32. The van der Waals surface area contributed by atoms with Crippen molar-refractivity contribution >= 4 is 36.1 Å². The summed E-state index contributed by atoms with van der Waals surface area (Å²) in [5.41, 5.74) is 8.65. The van der Waals surface area contributed by atoms with Crippen LogP contribution in [0.5, 0.6) is 5.75 Å². The lowest BCUT2D eigenvalue weighted by Gasteiger charge is -2.26. The molecular formula is C32H31BNO3. The number of hydrogen-bond acceptors (Lipinski definition) is 3. The van der Waals surface area contributed by atoms with Crippen LogP contribution >= 0.6 is 0 Å². The Labute approximate surface area is 219 Å². The van der Waals surface area contributed by atoms with Gasteiger partial charge in [0.25, 0.3) is 0 Å². The number of fused-ring (bicyclic) bond motifs is 2. The number of aromatic carboxylic acids is 1. The molecule has 0 saturated heterocycles. The first-order valence-electron chi connectivity index (χ1n) is 13.0. The monoisotopic (exact) mass is 488 g/mol. The molecule has 5 heteroatoms. The van der Waals surface area contributed by atoms with Gasteiger partial charge in [-0.05, 0) is 91.0 Å². The molecule has 0 bridgehead atoms. The highest BCUT2D eigenvalue weighted by Crippen LogP contribution is 2.43. The molecule has 1 atom stereocenters. The number of ether oxygens (including phenoxy) is 1. The van der Waals surface area contributed by atoms with Crippen molar-refractivity contribution in [2.75, 3.05) is 0 Å². The smallest absolute Gasteiger partial charge is 0.335 e. The first-order chi connectivity index (χ1) is 17.9. The van der Waals surface area contributed by atoms with Crippen LogP contribution in [0.3, 0.4) is 0 Å². The van der Waals surface area contributed by atoms with Crippen molar-refractivity contribution in [2.45, 2.75) is 52.3 Å². The maximum Gasteiger partial charge on any atom is 0.335 e. The first-order valence-corrected chi connectivity index (χ1v) is 13.0. The van der Waals surface area contributed by atoms with E-state index in [1.807, 2.05) is 25.6 Å². The van der Waals surface area contributed by atoms with Crippen molar-refractivity contribution in [3.05, 3.63) is 106 Å². The van der Waals surface area contributed by atoms with Gasteiger partial charge in [-0.25, -0.2) is 4.79 Å². The minimum Gasteiger partial charge on any atom is -0.478 e. The van der Waals surface area contributed by atoms with Crippen molar-refractivity contribution in [3.8, 4) is 5.75 Å². The van der Waals surface area contributed by atoms with Gasteiger partial charge in [-0.1, -0.05) is 55.7 Å². The molecule has 0 amide bonds. The third-order valence-electron chi connectivity index (χ3n) is 6.99. The Balaban J connectivity index is 1.56. The molecule has 5 rings (SSSR count). The van der Waals surface area contributed by atoms with Crippen molar-refractivity contribution in [2.24, 2.45) is 0 Å². The zero-order valence-electron chi connectivity index (χ0n) is 21.6. The molecule has 0 spiro atoms. The largest absolute Gasteiger partial charge is 0.478 e. The maximum atomic E-state index is 11.8. The van der Waals surface area contributed by atoms with Gasteiger partial charge in [-0.2, -0.15) is 0 Å². The molecule has 2 aliphatic rings. The summed E-state index contributed by atoms with van der Waals surface area (Å²) in [6, 6.07) is 13.7. The molecule has 2 heterocycles. The Morgan fingerprint density at radius 1 is 1.24 bits per heavy atom. The topological polar surface area (TPSA) is 59.4 Å². The number of pyridine rings is 1. The average molecular weight is 488 g/mol. The zero-order valence-corrected chi connectivity index (χ0v) is 21.6. The summed E-state index contributed by atoms with van der Waals surface area (Å²) < 4.78 is 6.67. The van der Waals surface area contributed by atoms with E-state index >= 15 is 0 Å². The highest BCUT2D eigenvalue weighted by molar-refractivity contribution is 6.56. The van der Waals surface area contributed by atoms with E-state index in [9.17, 15) is 9.90 Å². The summed E-state index contributed by atoms with van der Waals surface area (Å²) in [6.07, 6.45) is 14.7. The lowest BCUT2D eigenvalue weighted by Crippen LogP contribution is -2.27. The molecule has 1 aliphatic heterocycles. The molecule has 1 N–H and O–H groups in total. The molecule has 1 aromatic heterocycles. The quantitative estimate of drug-likeness (QED) is 0.390. The molecule has 185 valence electrons. The Morgan fingerprint density at radius 3 is 2.89 bits per heavy atom. The highest BCUT2D eigenvalue weighted by atomic mass is 16.5. The van der Waals surface area contributed by atoms with E-state index in [1.165, 1.54) is 5.56 Å². The Kier molecular flexibility index (Phi) is 7.14. The fraction of sp³-hybridized carbons (Fsp3) is 0.250. The number of carbonyl (C=O) groups is 1. The van der Waals surface area contributed by atoms with Crippen LogP contribution in [0.4, 0.5) is 0 Å². The molecular weight excluding hydrogens is 457 g/mol. The van der Waals surface area contributed by atoms with Crippen LogP contribution in [-0.2, 0) is 6.42 Å². The third kappa shape index (κ3) is 5.17. The minimum absolute atomic E-state index is 0.0633. The van der Waals surface area contributed by atoms with Crippen molar-refractivity contribution < 1.29 is 14.6 Å². The van der Waals surface area contributed by atoms with Crippen molar-refractivity contribution in [3.63, 3.8) is 0 Å². The van der Waals surface area contributed by atoms with Crippen LogP contribution in [0.1, 0.15) is 82.8 Å². The van der Waals surface area contributed by atoms with E-state index in [2.05, 4.69) is 63.3 Å². The van der Waals surface area contributed by atoms with Gasteiger partial charge in [0.1, 0.15) is 11.5 Å². The minimum atomic E-state index is -0.925. The van der Waals surface area contributed by atoms with Gasteiger partial charge in [0, 0.05) is 17.3 Å². The average Bonchev–Trinajstić information content (AvgIpc) is 3.13. The number of aromatic nitrogens is 1. The van der Waals surface area contributed by atoms with Crippen molar-refractivity contribution in [1.82, 2.24) is 4.98 Å². The molecule has 1 radical (unpaired) electrons. The van der Waals surface area contributed by atoms with Gasteiger partial charge in [0.15, 0.2) is 7.28 Å². The van der Waals surface area contributed by atoms with Crippen LogP contribution < -0.4 is 10.2 Å². The zero-order chi connectivity index (χ0) is 25.9. The Hall–Kier alpha value is -3.86. The number of nitrogens with zero attached hydrogens (tertiary/aromatic N) is 1. The van der Waals surface area contributed by atoms with E-state index in [0.29, 0.717) is 11.0 Å². The first kappa shape index (κ1) is 24.8. The SMILES string of the molecule is CC/C=C1/C=C(c2cnc3c(c2)CCCC=C3)Oc2c1cc(C)cc2C(C)[B]c1ccccc1C(=O)O. The van der Waals surface area contributed by atoms with Gasteiger partial charge >= 0.3 is 5.97 Å². The summed E-state index contributed by atoms with van der Waals surface area (Å²) in [7, 11) is 2.01. The fourth-order valence-electron chi connectivity index (χ4n) is 5.16. The Morgan fingerprint density at radius 2 is 2.08 bits per heavy atom. The summed E-state index contributed by atoms with van der Waals surface area (Å²) in [4.78, 5) is 16.5. The number of benzene rings is 2. The second-order valence-electron chi connectivity index (χ2n) is 9.82. The fourth-order valence-corrected chi connectivity index (χ4v) is 5.16. The normalized spacial score (nSPS) is 16.2. The molecule has 1 unspecified atom stereocenters. The van der Waals surface area contributed by atoms with Crippen LogP contribution in [-0.4, -0.2) is 23.3 Å². The van der Waals surface area contributed by atoms with Gasteiger partial charge in [0.2, 0.25) is 0 Å². The third-order valence-corrected chi connectivity index (χ3v) is 6.99. The number of rotatable bonds is 6. The molecule has 0 fully saturated rings. The van der Waals surface area contributed by atoms with E-state index in [-0.39, 0.29) is 5.82 Å². The standard InChI is InChI=1S/C32H31BNO3/c1-4-10-22-18-30(24-17-23-11-6-5-7-14-29(23)34-19-24)37-31-26(15-20(2)16-27(22)31)21(3)33-28-13-9-8-12-25(28)32(35)36/h7-10,12-19,21H,4-6,11H2,1-3H3,(H,35,36)/b22-10-. The number of carboxylic acid groups (broad SMARTS) is 1. The van der Waals surface area contributed by atoms with Crippen LogP contribution in [0.15, 0.2) is 66.9 Å². The Bertz CT molecular complexity index is 1450. The van der Waals surface area contributed by atoms with Crippen LogP contribution in [0.2, 0.25) is 0 Å². The van der Waals surface area contributed by atoms with Gasteiger partial charge in [-0.3, -0.25) is 4.98 Å². The van der Waals surface area contributed by atoms with E-state index in [1.54, 1.807) is 12.1 Å². The second kappa shape index (κ2) is 10.6. The second-order valence-corrected chi connectivity index (χ2v) is 9.82. The summed E-state index contributed by atoms with van der Waals surface area (Å²) >= 11 is 0. The van der Waals surface area contributed by atoms with Gasteiger partial charge < -0.3 is 9.84 Å². The lowest BCUT2D eigenvalue weighted by atomic mass is 9.56. The molecule has 37 heavy (non-hydrogen) atoms. The van der Waals surface area contributed by atoms with Crippen molar-refractivity contribution in [1.29, 1.82) is 0 Å². The molecule has 1 aliphatic carbocycles. The van der Waals surface area contributed by atoms with Gasteiger partial charge in [0.05, 0.1) is 11.3 Å². The number of hydrogen-bond donors (Lipinski definition) is 1. The molecule has 2 aromatic carbocycles. The molecule has 3 aromatic rings. The van der Waals surface area contributed by atoms with E-state index < -0.39 is 5.97 Å². The number of aryl methyl sites for hydroxylation is 2. The highest BCUT2D eigenvalue weighted by Gasteiger charge is 2.26. The number of carboxylic acids is 1. The van der Waals surface area contributed by atoms with Crippen LogP contribution in [0, 0.1) is 6.92 Å². The molecule has 4 nitrogen and oxygen atoms in total. The predicted octanol–water partition coefficient (Wildman–Crippen LogP) is 6.76. The lowest BCUT2D eigenvalue weighted by molar-refractivity contribution is 0.0698. The maximum absolute atomic E-state index is 11.8. The van der Waals surface area contributed by atoms with Crippen LogP contribution in [0.25, 0.3) is 17.4 Å². The van der Waals surface area contributed by atoms with E-state index in [0.717, 1.165) is 70.7 Å². The molecule has 0 saturated carbocycles. The summed E-state index contributed by atoms with van der Waals surface area (Å²) in [5.74, 6) is 0.630. The predicted molar refractivity (Wildman–Crippen MR) is 151 cm³/mol.